The van der Waals surface area contributed by atoms with Crippen LogP contribution in [0.25, 0.3) is 22.3 Å². The molecule has 1 nitrogen and oxygen atoms in total. The molecule has 0 aliphatic rings. The Kier molecular flexibility index (Phi) is 6.24. The summed E-state index contributed by atoms with van der Waals surface area (Å²) in [6.07, 6.45) is -0.660. The summed E-state index contributed by atoms with van der Waals surface area (Å²) in [5.41, 5.74) is 8.97. The van der Waals surface area contributed by atoms with Gasteiger partial charge >= 0.3 is 0 Å². The lowest BCUT2D eigenvalue weighted by Gasteiger charge is -2.19. The SMILES string of the molecule is Cc1cc(Cl)ccc1-c1ccc(C(O)c2ccc(-c3ccc(C(C)(C)C)cc3)cc2)cc1. The highest BCUT2D eigenvalue weighted by Crippen LogP contribution is 2.31. The summed E-state index contributed by atoms with van der Waals surface area (Å²) in [7, 11) is 0. The highest BCUT2D eigenvalue weighted by molar-refractivity contribution is 6.30. The van der Waals surface area contributed by atoms with Crippen molar-refractivity contribution in [3.05, 3.63) is 118 Å². The van der Waals surface area contributed by atoms with Crippen molar-refractivity contribution in [2.45, 2.75) is 39.2 Å². The molecule has 1 atom stereocenters. The van der Waals surface area contributed by atoms with Gasteiger partial charge in [0.05, 0.1) is 0 Å². The first-order valence-corrected chi connectivity index (χ1v) is 11.4. The van der Waals surface area contributed by atoms with Gasteiger partial charge < -0.3 is 5.11 Å². The van der Waals surface area contributed by atoms with Crippen LogP contribution in [0.1, 0.15) is 49.1 Å². The third-order valence-corrected chi connectivity index (χ3v) is 6.27. The van der Waals surface area contributed by atoms with Crippen molar-refractivity contribution in [2.24, 2.45) is 0 Å². The van der Waals surface area contributed by atoms with Crippen molar-refractivity contribution in [1.29, 1.82) is 0 Å². The summed E-state index contributed by atoms with van der Waals surface area (Å²) in [5, 5.41) is 11.7. The van der Waals surface area contributed by atoms with Crippen LogP contribution >= 0.6 is 11.6 Å². The summed E-state index contributed by atoms with van der Waals surface area (Å²) in [5.74, 6) is 0. The van der Waals surface area contributed by atoms with Gasteiger partial charge in [-0.05, 0) is 69.0 Å². The van der Waals surface area contributed by atoms with Crippen LogP contribution in [-0.4, -0.2) is 5.11 Å². The van der Waals surface area contributed by atoms with Crippen LogP contribution in [0.15, 0.2) is 91.0 Å². The molecule has 0 radical (unpaired) electrons. The summed E-state index contributed by atoms with van der Waals surface area (Å²) >= 11 is 6.08. The molecule has 4 aromatic rings. The molecule has 0 fully saturated rings. The Morgan fingerprint density at radius 2 is 1.12 bits per heavy atom. The first kappa shape index (κ1) is 22.3. The van der Waals surface area contributed by atoms with Crippen molar-refractivity contribution >= 4 is 11.6 Å². The fourth-order valence-electron chi connectivity index (χ4n) is 4.01. The maximum atomic E-state index is 10.9. The lowest BCUT2D eigenvalue weighted by atomic mass is 9.86. The zero-order valence-electron chi connectivity index (χ0n) is 19.1. The lowest BCUT2D eigenvalue weighted by Crippen LogP contribution is -2.10. The van der Waals surface area contributed by atoms with E-state index in [0.29, 0.717) is 0 Å². The van der Waals surface area contributed by atoms with Crippen molar-refractivity contribution in [3.63, 3.8) is 0 Å². The van der Waals surface area contributed by atoms with Crippen molar-refractivity contribution in [3.8, 4) is 22.3 Å². The van der Waals surface area contributed by atoms with Gasteiger partial charge in [-0.1, -0.05) is 111 Å². The second-order valence-electron chi connectivity index (χ2n) is 9.43. The van der Waals surface area contributed by atoms with Gasteiger partial charge in [0.2, 0.25) is 0 Å². The zero-order valence-corrected chi connectivity index (χ0v) is 19.8. The Balaban J connectivity index is 1.52. The second-order valence-corrected chi connectivity index (χ2v) is 9.87. The second kappa shape index (κ2) is 8.94. The number of aryl methyl sites for hydroxylation is 1. The van der Waals surface area contributed by atoms with Crippen LogP contribution in [0.3, 0.4) is 0 Å². The molecule has 0 spiro atoms. The molecule has 4 aromatic carbocycles. The molecule has 32 heavy (non-hydrogen) atoms. The molecular formula is C30H29ClO. The summed E-state index contributed by atoms with van der Waals surface area (Å²) < 4.78 is 0. The van der Waals surface area contributed by atoms with Crippen molar-refractivity contribution < 1.29 is 5.11 Å². The van der Waals surface area contributed by atoms with Gasteiger partial charge in [-0.25, -0.2) is 0 Å². The fraction of sp³-hybridized carbons (Fsp3) is 0.200. The van der Waals surface area contributed by atoms with Gasteiger partial charge in [-0.3, -0.25) is 0 Å². The minimum atomic E-state index is -0.660. The van der Waals surface area contributed by atoms with Crippen LogP contribution < -0.4 is 0 Å². The van der Waals surface area contributed by atoms with Crippen molar-refractivity contribution in [1.82, 2.24) is 0 Å². The normalized spacial score (nSPS) is 12.6. The molecular weight excluding hydrogens is 412 g/mol. The van der Waals surface area contributed by atoms with E-state index in [1.807, 2.05) is 42.5 Å². The Hall–Kier alpha value is -2.87. The quantitative estimate of drug-likeness (QED) is 0.338. The Bertz CT molecular complexity index is 1200. The molecule has 162 valence electrons. The Morgan fingerprint density at radius 3 is 1.59 bits per heavy atom. The van der Waals surface area contributed by atoms with E-state index in [9.17, 15) is 5.11 Å². The number of hydrogen-bond acceptors (Lipinski definition) is 1. The highest BCUT2D eigenvalue weighted by atomic mass is 35.5. The molecule has 1 N–H and O–H groups in total. The molecule has 0 saturated heterocycles. The lowest BCUT2D eigenvalue weighted by molar-refractivity contribution is 0.220. The largest absolute Gasteiger partial charge is 0.384 e. The smallest absolute Gasteiger partial charge is 0.104 e. The summed E-state index contributed by atoms with van der Waals surface area (Å²) in [6, 6.07) is 30.9. The molecule has 0 bridgehead atoms. The van der Waals surface area contributed by atoms with Gasteiger partial charge in [-0.15, -0.1) is 0 Å². The monoisotopic (exact) mass is 440 g/mol. The minimum Gasteiger partial charge on any atom is -0.384 e. The molecule has 0 heterocycles. The zero-order chi connectivity index (χ0) is 22.9. The van der Waals surface area contributed by atoms with E-state index in [1.54, 1.807) is 0 Å². The van der Waals surface area contributed by atoms with Gasteiger partial charge in [0, 0.05) is 5.02 Å². The Labute approximate surface area is 196 Å². The van der Waals surface area contributed by atoms with Crippen LogP contribution in [0.5, 0.6) is 0 Å². The fourth-order valence-corrected chi connectivity index (χ4v) is 4.24. The van der Waals surface area contributed by atoms with E-state index in [-0.39, 0.29) is 5.41 Å². The van der Waals surface area contributed by atoms with Gasteiger partial charge in [-0.2, -0.15) is 0 Å². The number of rotatable bonds is 4. The molecule has 4 rings (SSSR count). The van der Waals surface area contributed by atoms with E-state index in [0.717, 1.165) is 38.4 Å². The first-order valence-electron chi connectivity index (χ1n) is 11.0. The molecule has 1 unspecified atom stereocenters. The Morgan fingerprint density at radius 1 is 0.656 bits per heavy atom. The highest BCUT2D eigenvalue weighted by Gasteiger charge is 2.14. The number of benzene rings is 4. The van der Waals surface area contributed by atoms with E-state index in [2.05, 4.69) is 76.2 Å². The van der Waals surface area contributed by atoms with E-state index < -0.39 is 6.10 Å². The van der Waals surface area contributed by atoms with Crippen LogP contribution in [0.4, 0.5) is 0 Å². The summed E-state index contributed by atoms with van der Waals surface area (Å²) in [6.45, 7) is 8.73. The van der Waals surface area contributed by atoms with Gasteiger partial charge in [0.25, 0.3) is 0 Å². The predicted molar refractivity (Wildman–Crippen MR) is 136 cm³/mol. The third-order valence-electron chi connectivity index (χ3n) is 6.04. The third kappa shape index (κ3) is 4.80. The molecule has 2 heteroatoms. The number of aliphatic hydroxyl groups excluding tert-OH is 1. The topological polar surface area (TPSA) is 20.2 Å². The van der Waals surface area contributed by atoms with E-state index in [4.69, 9.17) is 11.6 Å². The standard InChI is InChI=1S/C30H29ClO/c1-20-19-27(31)17-18-28(20)23-7-11-25(12-8-23)29(32)24-9-5-21(6-10-24)22-13-15-26(16-14-22)30(2,3)4/h5-19,29,32H,1-4H3. The maximum Gasteiger partial charge on any atom is 0.104 e. The minimum absolute atomic E-state index is 0.147. The van der Waals surface area contributed by atoms with Crippen LogP contribution in [0, 0.1) is 6.92 Å². The van der Waals surface area contributed by atoms with Crippen LogP contribution in [0.2, 0.25) is 5.02 Å². The number of hydrogen-bond donors (Lipinski definition) is 1. The van der Waals surface area contributed by atoms with Gasteiger partial charge in [0.1, 0.15) is 6.10 Å². The van der Waals surface area contributed by atoms with E-state index >= 15 is 0 Å². The molecule has 0 aliphatic heterocycles. The molecule has 0 aliphatic carbocycles. The molecule has 0 amide bonds. The predicted octanol–water partition coefficient (Wildman–Crippen LogP) is 8.36. The van der Waals surface area contributed by atoms with Gasteiger partial charge in [0.15, 0.2) is 0 Å². The average Bonchev–Trinajstić information content (AvgIpc) is 2.78. The van der Waals surface area contributed by atoms with Crippen molar-refractivity contribution in [2.75, 3.05) is 0 Å². The molecule has 0 aromatic heterocycles. The van der Waals surface area contributed by atoms with Crippen LogP contribution in [-0.2, 0) is 5.41 Å². The maximum absolute atomic E-state index is 10.9. The number of aliphatic hydroxyl groups is 1. The first-order chi connectivity index (χ1) is 15.2. The van der Waals surface area contributed by atoms with E-state index in [1.165, 1.54) is 11.1 Å². The average molecular weight is 441 g/mol. The molecule has 0 saturated carbocycles. The number of halogens is 1. The summed E-state index contributed by atoms with van der Waals surface area (Å²) in [4.78, 5) is 0.